The van der Waals surface area contributed by atoms with Gasteiger partial charge in [-0.1, -0.05) is 6.92 Å². The summed E-state index contributed by atoms with van der Waals surface area (Å²) in [6.45, 7) is 9.40. The van der Waals surface area contributed by atoms with E-state index in [2.05, 4.69) is 42.6 Å². The van der Waals surface area contributed by atoms with Crippen molar-refractivity contribution in [1.82, 2.24) is 9.97 Å². The van der Waals surface area contributed by atoms with Crippen molar-refractivity contribution in [3.63, 3.8) is 0 Å². The first-order valence-corrected chi connectivity index (χ1v) is 7.47. The Labute approximate surface area is 113 Å². The van der Waals surface area contributed by atoms with E-state index in [0.717, 1.165) is 23.1 Å². The van der Waals surface area contributed by atoms with Crippen molar-refractivity contribution in [1.29, 1.82) is 0 Å². The Kier molecular flexibility index (Phi) is 4.45. The third kappa shape index (κ3) is 2.95. The first-order valence-electron chi connectivity index (χ1n) is 6.48. The fourth-order valence-corrected chi connectivity index (χ4v) is 2.81. The van der Waals surface area contributed by atoms with Gasteiger partial charge in [0.25, 0.3) is 0 Å². The fraction of sp³-hybridized carbons (Fsp3) is 0.692. The Bertz CT molecular complexity index is 402. The fourth-order valence-electron chi connectivity index (χ4n) is 2.22. The van der Waals surface area contributed by atoms with E-state index in [1.807, 2.05) is 12.4 Å². The number of thioether (sulfide) groups is 1. The molecule has 0 amide bonds. The molecule has 1 aliphatic heterocycles. The van der Waals surface area contributed by atoms with Gasteiger partial charge in [-0.05, 0) is 26.5 Å². The summed E-state index contributed by atoms with van der Waals surface area (Å²) in [5.74, 6) is 1.98. The Morgan fingerprint density at radius 1 is 1.39 bits per heavy atom. The molecular weight excluding hydrogens is 246 g/mol. The van der Waals surface area contributed by atoms with Crippen LogP contribution >= 0.6 is 11.8 Å². The van der Waals surface area contributed by atoms with Crippen LogP contribution in [0.15, 0.2) is 17.4 Å². The maximum absolute atomic E-state index is 5.83. The normalized spacial score (nSPS) is 28.4. The molecule has 2 rings (SSSR count). The van der Waals surface area contributed by atoms with Crippen LogP contribution in [0.2, 0.25) is 0 Å². The number of aromatic nitrogens is 2. The van der Waals surface area contributed by atoms with Gasteiger partial charge in [-0.2, -0.15) is 0 Å². The molecule has 1 aromatic rings. The largest absolute Gasteiger partial charge is 0.372 e. The smallest absolute Gasteiger partial charge is 0.148 e. The molecule has 5 heteroatoms. The van der Waals surface area contributed by atoms with E-state index < -0.39 is 0 Å². The van der Waals surface area contributed by atoms with Gasteiger partial charge in [-0.25, -0.2) is 4.98 Å². The second kappa shape index (κ2) is 5.89. The van der Waals surface area contributed by atoms with Crippen molar-refractivity contribution in [2.24, 2.45) is 0 Å². The van der Waals surface area contributed by atoms with Crippen LogP contribution in [0.4, 0.5) is 5.82 Å². The minimum atomic E-state index is 0.220. The van der Waals surface area contributed by atoms with Crippen molar-refractivity contribution in [3.8, 4) is 0 Å². The number of morpholine rings is 1. The monoisotopic (exact) mass is 267 g/mol. The van der Waals surface area contributed by atoms with E-state index in [1.165, 1.54) is 0 Å². The van der Waals surface area contributed by atoms with Crippen LogP contribution in [0.25, 0.3) is 0 Å². The van der Waals surface area contributed by atoms with Crippen molar-refractivity contribution >= 4 is 17.6 Å². The zero-order chi connectivity index (χ0) is 13.1. The number of hydrogen-bond acceptors (Lipinski definition) is 5. The van der Waals surface area contributed by atoms with Gasteiger partial charge in [0.2, 0.25) is 0 Å². The average molecular weight is 267 g/mol. The highest BCUT2D eigenvalue weighted by Gasteiger charge is 2.30. The summed E-state index contributed by atoms with van der Waals surface area (Å²) in [6.07, 6.45) is 4.13. The zero-order valence-electron chi connectivity index (χ0n) is 11.5. The van der Waals surface area contributed by atoms with E-state index in [0.29, 0.717) is 6.04 Å². The Morgan fingerprint density at radius 2 is 2.17 bits per heavy atom. The lowest BCUT2D eigenvalue weighted by Gasteiger charge is -2.41. The second-order valence-electron chi connectivity index (χ2n) is 4.69. The molecule has 18 heavy (non-hydrogen) atoms. The van der Waals surface area contributed by atoms with Crippen LogP contribution in [0.3, 0.4) is 0 Å². The summed E-state index contributed by atoms with van der Waals surface area (Å²) in [7, 11) is 0. The molecule has 0 unspecified atom stereocenters. The van der Waals surface area contributed by atoms with Gasteiger partial charge in [0.1, 0.15) is 10.8 Å². The molecule has 2 heterocycles. The zero-order valence-corrected chi connectivity index (χ0v) is 12.3. The summed E-state index contributed by atoms with van der Waals surface area (Å²) >= 11 is 1.72. The Hall–Kier alpha value is -0.810. The van der Waals surface area contributed by atoms with Crippen molar-refractivity contribution in [2.75, 3.05) is 17.2 Å². The van der Waals surface area contributed by atoms with Gasteiger partial charge in [-0.3, -0.25) is 4.98 Å². The minimum Gasteiger partial charge on any atom is -0.372 e. The van der Waals surface area contributed by atoms with Gasteiger partial charge < -0.3 is 9.64 Å². The van der Waals surface area contributed by atoms with Crippen LogP contribution in [0.1, 0.15) is 27.7 Å². The molecule has 0 N–H and O–H groups in total. The molecule has 0 radical (unpaired) electrons. The first kappa shape index (κ1) is 13.6. The number of ether oxygens (including phenoxy) is 1. The third-order valence-corrected chi connectivity index (χ3v) is 4.04. The highest BCUT2D eigenvalue weighted by Crippen LogP contribution is 2.25. The van der Waals surface area contributed by atoms with Crippen LogP contribution in [-0.2, 0) is 4.74 Å². The first-order chi connectivity index (χ1) is 8.61. The predicted molar refractivity (Wildman–Crippen MR) is 75.2 cm³/mol. The summed E-state index contributed by atoms with van der Waals surface area (Å²) in [5, 5.41) is 0.994. The SMILES string of the molecule is CCSc1cncc(N2C[C@H](C)O[C@H](C)[C@H]2C)n1. The van der Waals surface area contributed by atoms with E-state index in [9.17, 15) is 0 Å². The van der Waals surface area contributed by atoms with Gasteiger partial charge >= 0.3 is 0 Å². The van der Waals surface area contributed by atoms with E-state index in [4.69, 9.17) is 4.74 Å². The Morgan fingerprint density at radius 3 is 2.89 bits per heavy atom. The quantitative estimate of drug-likeness (QED) is 0.787. The molecule has 0 spiro atoms. The van der Waals surface area contributed by atoms with Crippen LogP contribution in [-0.4, -0.2) is 40.5 Å². The molecule has 0 aromatic carbocycles. The van der Waals surface area contributed by atoms with Crippen molar-refractivity contribution in [3.05, 3.63) is 12.4 Å². The standard InChI is InChI=1S/C13H21N3OS/c1-5-18-13-7-14-6-12(15-13)16-8-9(2)17-11(4)10(16)3/h6-7,9-11H,5,8H2,1-4H3/t9-,10+,11+/m0/s1. The maximum atomic E-state index is 5.83. The molecule has 100 valence electrons. The number of anilines is 1. The lowest BCUT2D eigenvalue weighted by atomic mass is 10.1. The van der Waals surface area contributed by atoms with Gasteiger partial charge in [0.05, 0.1) is 30.6 Å². The molecular formula is C13H21N3OS. The third-order valence-electron chi connectivity index (χ3n) is 3.26. The molecule has 0 saturated carbocycles. The molecule has 1 aliphatic rings. The summed E-state index contributed by atoms with van der Waals surface area (Å²) in [4.78, 5) is 11.3. The molecule has 4 nitrogen and oxygen atoms in total. The lowest BCUT2D eigenvalue weighted by Crippen LogP contribution is -2.52. The highest BCUT2D eigenvalue weighted by molar-refractivity contribution is 7.99. The maximum Gasteiger partial charge on any atom is 0.148 e. The lowest BCUT2D eigenvalue weighted by molar-refractivity contribution is -0.0261. The highest BCUT2D eigenvalue weighted by atomic mass is 32.2. The number of rotatable bonds is 3. The van der Waals surface area contributed by atoms with Crippen molar-refractivity contribution < 1.29 is 4.74 Å². The number of nitrogens with zero attached hydrogens (tertiary/aromatic N) is 3. The van der Waals surface area contributed by atoms with Crippen LogP contribution in [0.5, 0.6) is 0 Å². The molecule has 1 fully saturated rings. The second-order valence-corrected chi connectivity index (χ2v) is 5.98. The van der Waals surface area contributed by atoms with Crippen LogP contribution in [0, 0.1) is 0 Å². The summed E-state index contributed by atoms with van der Waals surface area (Å²) in [6, 6.07) is 0.331. The van der Waals surface area contributed by atoms with E-state index in [-0.39, 0.29) is 12.2 Å². The van der Waals surface area contributed by atoms with Gasteiger partial charge in [0, 0.05) is 6.54 Å². The minimum absolute atomic E-state index is 0.220. The molecule has 3 atom stereocenters. The average Bonchev–Trinajstić information content (AvgIpc) is 2.34. The topological polar surface area (TPSA) is 38.2 Å². The molecule has 1 saturated heterocycles. The van der Waals surface area contributed by atoms with Gasteiger partial charge in [-0.15, -0.1) is 11.8 Å². The molecule has 0 bridgehead atoms. The molecule has 0 aliphatic carbocycles. The Balaban J connectivity index is 2.20. The van der Waals surface area contributed by atoms with Crippen molar-refractivity contribution in [2.45, 2.75) is 51.0 Å². The summed E-state index contributed by atoms with van der Waals surface area (Å²) in [5.41, 5.74) is 0. The van der Waals surface area contributed by atoms with Crippen LogP contribution < -0.4 is 4.90 Å². The van der Waals surface area contributed by atoms with E-state index in [1.54, 1.807) is 11.8 Å². The predicted octanol–water partition coefficient (Wildman–Crippen LogP) is 2.59. The van der Waals surface area contributed by atoms with Gasteiger partial charge in [0.15, 0.2) is 0 Å². The summed E-state index contributed by atoms with van der Waals surface area (Å²) < 4.78 is 5.83. The van der Waals surface area contributed by atoms with E-state index >= 15 is 0 Å². The number of hydrogen-bond donors (Lipinski definition) is 0. The molecule has 1 aromatic heterocycles.